The normalized spacial score (nSPS) is 33.9. The molecule has 0 aromatic rings. The number of aliphatic hydroxyl groups excluding tert-OH is 1. The van der Waals surface area contributed by atoms with Crippen LogP contribution in [0.5, 0.6) is 0 Å². The fourth-order valence-electron chi connectivity index (χ4n) is 1.94. The maximum absolute atomic E-state index is 9.29. The molecular weight excluding hydrogens is 186 g/mol. The van der Waals surface area contributed by atoms with E-state index in [1.165, 1.54) is 32.2 Å². The van der Waals surface area contributed by atoms with Crippen molar-refractivity contribution in [1.29, 1.82) is 0 Å². The molecule has 2 fully saturated rings. The summed E-state index contributed by atoms with van der Waals surface area (Å²) in [4.78, 5) is 0. The Kier molecular flexibility index (Phi) is 4.50. The quantitative estimate of drug-likeness (QED) is 0.736. The van der Waals surface area contributed by atoms with Crippen LogP contribution in [0.3, 0.4) is 0 Å². The van der Waals surface area contributed by atoms with Gasteiger partial charge in [0.2, 0.25) is 0 Å². The molecule has 0 atom stereocenters. The van der Waals surface area contributed by atoms with Crippen LogP contribution in [0, 0.1) is 5.92 Å². The topological polar surface area (TPSA) is 32.3 Å². The molecule has 0 amide bonds. The molecule has 0 aromatic carbocycles. The van der Waals surface area contributed by atoms with Crippen LogP contribution in [-0.4, -0.2) is 23.8 Å². The van der Waals surface area contributed by atoms with Gasteiger partial charge in [0.25, 0.3) is 0 Å². The zero-order valence-corrected chi connectivity index (χ0v) is 8.85. The average Bonchev–Trinajstić information content (AvgIpc) is 2.87. The Bertz CT molecular complexity index is 142. The van der Waals surface area contributed by atoms with E-state index in [0.717, 1.165) is 18.8 Å². The number of aliphatic hydroxyl groups is 1. The van der Waals surface area contributed by atoms with Crippen LogP contribution in [0.15, 0.2) is 0 Å². The Labute approximate surface area is 86.5 Å². The first-order valence-electron chi connectivity index (χ1n) is 5.26. The maximum Gasteiger partial charge on any atom is 0.0541 e. The van der Waals surface area contributed by atoms with Crippen LogP contribution in [0.25, 0.3) is 0 Å². The summed E-state index contributed by atoms with van der Waals surface area (Å²) in [5.41, 5.74) is 0. The van der Waals surface area contributed by atoms with Gasteiger partial charge in [-0.15, -0.1) is 12.4 Å². The first-order valence-corrected chi connectivity index (χ1v) is 5.26. The van der Waals surface area contributed by atoms with Gasteiger partial charge < -0.3 is 10.4 Å². The second-order valence-corrected chi connectivity index (χ2v) is 4.36. The van der Waals surface area contributed by atoms with Gasteiger partial charge in [-0.3, -0.25) is 0 Å². The van der Waals surface area contributed by atoms with Gasteiger partial charge in [-0.05, 0) is 51.0 Å². The van der Waals surface area contributed by atoms with E-state index in [1.807, 2.05) is 0 Å². The van der Waals surface area contributed by atoms with Crippen LogP contribution in [-0.2, 0) is 0 Å². The lowest BCUT2D eigenvalue weighted by Crippen LogP contribution is -2.35. The molecule has 2 aliphatic rings. The molecule has 0 radical (unpaired) electrons. The van der Waals surface area contributed by atoms with E-state index in [4.69, 9.17) is 0 Å². The number of hydrogen-bond donors (Lipinski definition) is 2. The lowest BCUT2D eigenvalue weighted by atomic mass is 9.93. The van der Waals surface area contributed by atoms with Gasteiger partial charge in [-0.1, -0.05) is 0 Å². The lowest BCUT2D eigenvalue weighted by molar-refractivity contribution is 0.116. The van der Waals surface area contributed by atoms with E-state index in [9.17, 15) is 5.11 Å². The molecule has 0 spiro atoms. The molecule has 0 aliphatic heterocycles. The van der Waals surface area contributed by atoms with Crippen LogP contribution >= 0.6 is 12.4 Å². The van der Waals surface area contributed by atoms with E-state index in [1.54, 1.807) is 0 Å². The molecule has 3 heteroatoms. The Balaban J connectivity index is 0.000000845. The summed E-state index contributed by atoms with van der Waals surface area (Å²) in [5.74, 6) is 0.983. The Hall–Kier alpha value is 0.210. The minimum atomic E-state index is -0.0102. The van der Waals surface area contributed by atoms with Crippen molar-refractivity contribution in [2.75, 3.05) is 6.54 Å². The summed E-state index contributed by atoms with van der Waals surface area (Å²) in [6.07, 6.45) is 7.21. The van der Waals surface area contributed by atoms with Crippen molar-refractivity contribution in [3.63, 3.8) is 0 Å². The predicted octanol–water partition coefficient (Wildman–Crippen LogP) is 1.71. The predicted molar refractivity (Wildman–Crippen MR) is 56.2 cm³/mol. The van der Waals surface area contributed by atoms with E-state index in [0.29, 0.717) is 6.04 Å². The first-order chi connectivity index (χ1) is 5.84. The summed E-state index contributed by atoms with van der Waals surface area (Å²) in [5, 5.41) is 12.9. The van der Waals surface area contributed by atoms with Gasteiger partial charge in [0.1, 0.15) is 0 Å². The van der Waals surface area contributed by atoms with Crippen molar-refractivity contribution in [2.24, 2.45) is 5.92 Å². The molecule has 0 saturated heterocycles. The third-order valence-electron chi connectivity index (χ3n) is 3.09. The van der Waals surface area contributed by atoms with Crippen LogP contribution < -0.4 is 5.32 Å². The molecule has 0 aromatic heterocycles. The highest BCUT2D eigenvalue weighted by Crippen LogP contribution is 2.28. The minimum Gasteiger partial charge on any atom is -0.393 e. The summed E-state index contributed by atoms with van der Waals surface area (Å²) in [6, 6.07) is 0.703. The second-order valence-electron chi connectivity index (χ2n) is 4.36. The first kappa shape index (κ1) is 11.3. The largest absolute Gasteiger partial charge is 0.393 e. The standard InChI is InChI=1S/C10H19NO.ClH/c12-10-5-3-9(4-6-10)11-7-8-1-2-8;/h8-12H,1-7H2;1H. The molecule has 2 rings (SSSR count). The number of hydrogen-bond acceptors (Lipinski definition) is 2. The number of halogens is 1. The van der Waals surface area contributed by atoms with Gasteiger partial charge >= 0.3 is 0 Å². The fourth-order valence-corrected chi connectivity index (χ4v) is 1.94. The molecule has 13 heavy (non-hydrogen) atoms. The van der Waals surface area contributed by atoms with E-state index >= 15 is 0 Å². The van der Waals surface area contributed by atoms with Crippen molar-refractivity contribution in [3.05, 3.63) is 0 Å². The highest BCUT2D eigenvalue weighted by molar-refractivity contribution is 5.85. The molecule has 78 valence electrons. The molecule has 0 heterocycles. The van der Waals surface area contributed by atoms with Crippen LogP contribution in [0.2, 0.25) is 0 Å². The van der Waals surface area contributed by atoms with Gasteiger partial charge in [0.05, 0.1) is 6.10 Å². The molecule has 2 aliphatic carbocycles. The van der Waals surface area contributed by atoms with Crippen molar-refractivity contribution in [2.45, 2.75) is 50.7 Å². The fraction of sp³-hybridized carbons (Fsp3) is 1.00. The average molecular weight is 206 g/mol. The number of rotatable bonds is 3. The van der Waals surface area contributed by atoms with Crippen molar-refractivity contribution >= 4 is 12.4 Å². The molecule has 0 unspecified atom stereocenters. The van der Waals surface area contributed by atoms with Crippen LogP contribution in [0.4, 0.5) is 0 Å². The lowest BCUT2D eigenvalue weighted by Gasteiger charge is -2.26. The molecular formula is C10H20ClNO. The van der Waals surface area contributed by atoms with Gasteiger partial charge in [-0.25, -0.2) is 0 Å². The second kappa shape index (κ2) is 5.18. The summed E-state index contributed by atoms with van der Waals surface area (Å²) >= 11 is 0. The third-order valence-corrected chi connectivity index (χ3v) is 3.09. The SMILES string of the molecule is Cl.OC1CCC(NCC2CC2)CC1. The Morgan fingerprint density at radius 2 is 1.62 bits per heavy atom. The van der Waals surface area contributed by atoms with E-state index in [-0.39, 0.29) is 18.5 Å². The highest BCUT2D eigenvalue weighted by Gasteiger charge is 2.24. The Morgan fingerprint density at radius 3 is 2.15 bits per heavy atom. The van der Waals surface area contributed by atoms with Crippen molar-refractivity contribution < 1.29 is 5.11 Å². The van der Waals surface area contributed by atoms with Crippen molar-refractivity contribution in [1.82, 2.24) is 5.32 Å². The minimum absolute atomic E-state index is 0. The smallest absolute Gasteiger partial charge is 0.0541 e. The highest BCUT2D eigenvalue weighted by atomic mass is 35.5. The van der Waals surface area contributed by atoms with Gasteiger partial charge in [0, 0.05) is 6.04 Å². The zero-order chi connectivity index (χ0) is 8.39. The van der Waals surface area contributed by atoms with Crippen LogP contribution in [0.1, 0.15) is 38.5 Å². The molecule has 2 nitrogen and oxygen atoms in total. The monoisotopic (exact) mass is 205 g/mol. The molecule has 2 N–H and O–H groups in total. The summed E-state index contributed by atoms with van der Waals surface area (Å²) < 4.78 is 0. The summed E-state index contributed by atoms with van der Waals surface area (Å²) in [7, 11) is 0. The molecule has 0 bridgehead atoms. The van der Waals surface area contributed by atoms with Gasteiger partial charge in [-0.2, -0.15) is 0 Å². The summed E-state index contributed by atoms with van der Waals surface area (Å²) in [6.45, 7) is 1.22. The van der Waals surface area contributed by atoms with E-state index < -0.39 is 0 Å². The Morgan fingerprint density at radius 1 is 1.00 bits per heavy atom. The zero-order valence-electron chi connectivity index (χ0n) is 8.04. The van der Waals surface area contributed by atoms with E-state index in [2.05, 4.69) is 5.32 Å². The maximum atomic E-state index is 9.29. The number of nitrogens with one attached hydrogen (secondary N) is 1. The van der Waals surface area contributed by atoms with Gasteiger partial charge in [0.15, 0.2) is 0 Å². The molecule has 2 saturated carbocycles. The van der Waals surface area contributed by atoms with Crippen molar-refractivity contribution in [3.8, 4) is 0 Å². The third kappa shape index (κ3) is 3.84.